The fourth-order valence-electron chi connectivity index (χ4n) is 3.93. The van der Waals surface area contributed by atoms with Crippen molar-refractivity contribution < 1.29 is 18.8 Å². The van der Waals surface area contributed by atoms with Crippen molar-refractivity contribution in [1.82, 2.24) is 10.1 Å². The molecule has 0 bridgehead atoms. The highest BCUT2D eigenvalue weighted by molar-refractivity contribution is 5.81. The van der Waals surface area contributed by atoms with E-state index in [4.69, 9.17) is 10.3 Å². The molecule has 1 fully saturated rings. The van der Waals surface area contributed by atoms with E-state index in [9.17, 15) is 14.3 Å². The molecule has 0 aliphatic carbocycles. The molecule has 2 aromatic carbocycles. The first kappa shape index (κ1) is 21.5. The van der Waals surface area contributed by atoms with E-state index in [0.29, 0.717) is 30.8 Å². The Morgan fingerprint density at radius 3 is 2.78 bits per heavy atom. The van der Waals surface area contributed by atoms with Gasteiger partial charge in [0, 0.05) is 30.6 Å². The van der Waals surface area contributed by atoms with E-state index < -0.39 is 11.9 Å². The van der Waals surface area contributed by atoms with Crippen molar-refractivity contribution in [1.29, 1.82) is 0 Å². The van der Waals surface area contributed by atoms with Crippen LogP contribution in [0.5, 0.6) is 0 Å². The molecule has 0 saturated carbocycles. The maximum absolute atomic E-state index is 14.8. The van der Waals surface area contributed by atoms with Crippen molar-refractivity contribution in [2.75, 3.05) is 13.1 Å². The number of benzene rings is 2. The second kappa shape index (κ2) is 9.21. The molecule has 1 aliphatic rings. The Kier molecular flexibility index (Phi) is 6.20. The van der Waals surface area contributed by atoms with Crippen molar-refractivity contribution >= 4 is 17.8 Å². The summed E-state index contributed by atoms with van der Waals surface area (Å²) in [5.41, 5.74) is 8.80. The lowest BCUT2D eigenvalue weighted by Crippen LogP contribution is -2.45. The van der Waals surface area contributed by atoms with Gasteiger partial charge in [-0.25, -0.2) is 4.39 Å². The number of carbonyl (C=O) groups is 1. The third kappa shape index (κ3) is 4.64. The van der Waals surface area contributed by atoms with Gasteiger partial charge in [-0.1, -0.05) is 54.5 Å². The molecule has 0 radical (unpaired) electrons. The zero-order valence-electron chi connectivity index (χ0n) is 17.7. The standard InChI is InChI=1S/C24H25FN4O3/c1-15(17-9-10-19(20(25)12-17)16-6-3-2-4-7-16)21-13-22(32-28-21)27-24(26)29-11-5-8-18(14-29)23(30)31/h2-4,6-7,9-10,12-13,15,18H,5,8,11,14H2,1H3,(H2,26,27)(H,30,31). The van der Waals surface area contributed by atoms with Crippen LogP contribution in [-0.2, 0) is 4.79 Å². The Morgan fingerprint density at radius 1 is 1.28 bits per heavy atom. The van der Waals surface area contributed by atoms with Crippen LogP contribution in [-0.4, -0.2) is 40.2 Å². The molecule has 1 saturated heterocycles. The van der Waals surface area contributed by atoms with Crippen LogP contribution in [0.3, 0.4) is 0 Å². The summed E-state index contributed by atoms with van der Waals surface area (Å²) in [6.45, 7) is 2.87. The number of aliphatic carboxylic acids is 1. The summed E-state index contributed by atoms with van der Waals surface area (Å²) >= 11 is 0. The first-order chi connectivity index (χ1) is 15.4. The Labute approximate surface area is 185 Å². The number of piperidine rings is 1. The average molecular weight is 436 g/mol. The van der Waals surface area contributed by atoms with Gasteiger partial charge in [-0.15, -0.1) is 0 Å². The molecule has 0 spiro atoms. The molecule has 2 heterocycles. The van der Waals surface area contributed by atoms with E-state index in [0.717, 1.165) is 17.5 Å². The minimum Gasteiger partial charge on any atom is -0.481 e. The Balaban J connectivity index is 1.49. The lowest BCUT2D eigenvalue weighted by molar-refractivity contribution is -0.143. The monoisotopic (exact) mass is 436 g/mol. The number of hydrogen-bond acceptors (Lipinski definition) is 4. The molecule has 7 nitrogen and oxygen atoms in total. The summed E-state index contributed by atoms with van der Waals surface area (Å²) < 4.78 is 20.1. The lowest BCUT2D eigenvalue weighted by Gasteiger charge is -2.31. The van der Waals surface area contributed by atoms with Gasteiger partial charge >= 0.3 is 5.97 Å². The second-order valence-electron chi connectivity index (χ2n) is 8.01. The van der Waals surface area contributed by atoms with Crippen LogP contribution in [0.2, 0.25) is 0 Å². The summed E-state index contributed by atoms with van der Waals surface area (Å²) in [5.74, 6) is -1.38. The van der Waals surface area contributed by atoms with Gasteiger partial charge in [0.05, 0.1) is 11.6 Å². The van der Waals surface area contributed by atoms with E-state index in [1.807, 2.05) is 43.3 Å². The molecule has 0 amide bonds. The number of carboxylic acids is 1. The molecule has 166 valence electrons. The zero-order chi connectivity index (χ0) is 22.7. The summed E-state index contributed by atoms with van der Waals surface area (Å²) in [7, 11) is 0. The SMILES string of the molecule is CC(c1ccc(-c2ccccc2)c(F)c1)c1cc(/N=C(/N)N2CCCC(C(=O)O)C2)on1. The number of carboxylic acid groups (broad SMARTS) is 1. The van der Waals surface area contributed by atoms with Gasteiger partial charge in [0.25, 0.3) is 5.88 Å². The van der Waals surface area contributed by atoms with Crippen LogP contribution in [0, 0.1) is 11.7 Å². The van der Waals surface area contributed by atoms with Gasteiger partial charge in [-0.3, -0.25) is 4.79 Å². The topological polar surface area (TPSA) is 105 Å². The van der Waals surface area contributed by atoms with E-state index >= 15 is 0 Å². The molecule has 1 aromatic heterocycles. The van der Waals surface area contributed by atoms with Crippen molar-refractivity contribution in [3.8, 4) is 11.1 Å². The van der Waals surface area contributed by atoms with Crippen molar-refractivity contribution in [3.05, 3.63) is 71.7 Å². The van der Waals surface area contributed by atoms with Gasteiger partial charge in [0.2, 0.25) is 0 Å². The largest absolute Gasteiger partial charge is 0.481 e. The summed E-state index contributed by atoms with van der Waals surface area (Å²) in [5, 5.41) is 13.3. The third-order valence-corrected chi connectivity index (χ3v) is 5.86. The molecule has 3 aromatic rings. The fraction of sp³-hybridized carbons (Fsp3) is 0.292. The number of guanidine groups is 1. The molecule has 4 rings (SSSR count). The molecule has 3 N–H and O–H groups in total. The Bertz CT molecular complexity index is 1130. The second-order valence-corrected chi connectivity index (χ2v) is 8.01. The number of likely N-dealkylation sites (tertiary alicyclic amines) is 1. The average Bonchev–Trinajstić information content (AvgIpc) is 3.27. The van der Waals surface area contributed by atoms with Crippen LogP contribution in [0.25, 0.3) is 11.1 Å². The van der Waals surface area contributed by atoms with E-state index in [-0.39, 0.29) is 23.6 Å². The number of halogens is 1. The maximum Gasteiger partial charge on any atom is 0.308 e. The number of hydrogen-bond donors (Lipinski definition) is 2. The number of rotatable bonds is 5. The third-order valence-electron chi connectivity index (χ3n) is 5.86. The highest BCUT2D eigenvalue weighted by Crippen LogP contribution is 2.30. The number of nitrogens with zero attached hydrogens (tertiary/aromatic N) is 3. The first-order valence-electron chi connectivity index (χ1n) is 10.6. The Morgan fingerprint density at radius 2 is 2.06 bits per heavy atom. The van der Waals surface area contributed by atoms with Gasteiger partial charge in [-0.2, -0.15) is 4.99 Å². The summed E-state index contributed by atoms with van der Waals surface area (Å²) in [6.07, 6.45) is 1.36. The molecule has 32 heavy (non-hydrogen) atoms. The van der Waals surface area contributed by atoms with Gasteiger partial charge in [0.15, 0.2) is 5.96 Å². The van der Waals surface area contributed by atoms with Crippen LogP contribution >= 0.6 is 0 Å². The molecule has 1 aliphatic heterocycles. The molecular weight excluding hydrogens is 411 g/mol. The van der Waals surface area contributed by atoms with Crippen molar-refractivity contribution in [2.45, 2.75) is 25.7 Å². The van der Waals surface area contributed by atoms with Crippen LogP contribution in [0.4, 0.5) is 10.3 Å². The van der Waals surface area contributed by atoms with Crippen LogP contribution in [0.15, 0.2) is 64.1 Å². The molecule has 8 heteroatoms. The van der Waals surface area contributed by atoms with Gasteiger partial charge in [0.1, 0.15) is 5.82 Å². The molecule has 2 unspecified atom stereocenters. The maximum atomic E-state index is 14.8. The smallest absolute Gasteiger partial charge is 0.308 e. The normalized spacial score (nSPS) is 17.9. The summed E-state index contributed by atoms with van der Waals surface area (Å²) in [6, 6.07) is 16.2. The number of aromatic nitrogens is 1. The quantitative estimate of drug-likeness (QED) is 0.454. The van der Waals surface area contributed by atoms with E-state index in [1.165, 1.54) is 6.07 Å². The van der Waals surface area contributed by atoms with Crippen molar-refractivity contribution in [2.24, 2.45) is 16.6 Å². The van der Waals surface area contributed by atoms with Crippen LogP contribution in [0.1, 0.15) is 36.9 Å². The summed E-state index contributed by atoms with van der Waals surface area (Å²) in [4.78, 5) is 17.3. The fourth-order valence-corrected chi connectivity index (χ4v) is 3.93. The highest BCUT2D eigenvalue weighted by atomic mass is 19.1. The predicted octanol–water partition coefficient (Wildman–Crippen LogP) is 4.38. The predicted molar refractivity (Wildman–Crippen MR) is 119 cm³/mol. The zero-order valence-corrected chi connectivity index (χ0v) is 17.7. The molecule has 2 atom stereocenters. The Hall–Kier alpha value is -3.68. The van der Waals surface area contributed by atoms with E-state index in [2.05, 4.69) is 10.1 Å². The lowest BCUT2D eigenvalue weighted by atomic mass is 9.95. The number of aliphatic imine (C=N–C) groups is 1. The minimum atomic E-state index is -0.830. The minimum absolute atomic E-state index is 0.199. The molecular formula is C24H25FN4O3. The van der Waals surface area contributed by atoms with Gasteiger partial charge < -0.3 is 20.3 Å². The van der Waals surface area contributed by atoms with Crippen LogP contribution < -0.4 is 5.73 Å². The van der Waals surface area contributed by atoms with Gasteiger partial charge in [-0.05, 0) is 30.0 Å². The van der Waals surface area contributed by atoms with Crippen molar-refractivity contribution in [3.63, 3.8) is 0 Å². The highest BCUT2D eigenvalue weighted by Gasteiger charge is 2.26. The van der Waals surface area contributed by atoms with E-state index in [1.54, 1.807) is 17.0 Å². The first-order valence-corrected chi connectivity index (χ1v) is 10.6. The number of nitrogens with two attached hydrogens (primary N) is 1.